The molecule has 5 heteroatoms. The molecule has 12 heavy (non-hydrogen) atoms. The van der Waals surface area contributed by atoms with E-state index in [0.717, 1.165) is 6.20 Å². The highest BCUT2D eigenvalue weighted by Crippen LogP contribution is 2.20. The van der Waals surface area contributed by atoms with Gasteiger partial charge in [0.15, 0.2) is 0 Å². The zero-order valence-electron chi connectivity index (χ0n) is 6.45. The summed E-state index contributed by atoms with van der Waals surface area (Å²) in [6, 6.07) is 0. The molecule has 1 rings (SSSR count). The van der Waals surface area contributed by atoms with Gasteiger partial charge in [-0.3, -0.25) is 15.1 Å². The molecular weight excluding hydrogens is 163 g/mol. The van der Waals surface area contributed by atoms with Crippen molar-refractivity contribution < 1.29 is 9.31 Å². The smallest absolute Gasteiger partial charge is 0.261 e. The fourth-order valence-corrected chi connectivity index (χ4v) is 0.932. The molecule has 0 aromatic carbocycles. The summed E-state index contributed by atoms with van der Waals surface area (Å²) in [7, 11) is 0. The lowest BCUT2D eigenvalue weighted by Crippen LogP contribution is -1.98. The molecule has 0 amide bonds. The molecule has 0 radical (unpaired) electrons. The van der Waals surface area contributed by atoms with Gasteiger partial charge in [0.05, 0.1) is 16.7 Å². The highest BCUT2D eigenvalue weighted by Gasteiger charge is 2.18. The molecule has 0 atom stereocenters. The lowest BCUT2D eigenvalue weighted by molar-refractivity contribution is -0.388. The first kappa shape index (κ1) is 8.58. The van der Waals surface area contributed by atoms with E-state index in [0.29, 0.717) is 12.0 Å². The number of nitro groups is 1. The van der Waals surface area contributed by atoms with Crippen molar-refractivity contribution in [2.45, 2.75) is 13.3 Å². The molecule has 1 heterocycles. The third-order valence-corrected chi connectivity index (χ3v) is 1.51. The maximum Gasteiger partial charge on any atom is 0.311 e. The van der Waals surface area contributed by atoms with Crippen molar-refractivity contribution in [3.8, 4) is 0 Å². The van der Waals surface area contributed by atoms with Crippen LogP contribution in [0.25, 0.3) is 0 Å². The Kier molecular flexibility index (Phi) is 2.32. The van der Waals surface area contributed by atoms with Crippen LogP contribution in [-0.4, -0.2) is 9.91 Å². The summed E-state index contributed by atoms with van der Waals surface area (Å²) in [6.45, 7) is 1.71. The maximum atomic E-state index is 12.8. The summed E-state index contributed by atoms with van der Waals surface area (Å²) < 4.78 is 12.8. The molecule has 0 N–H and O–H groups in total. The van der Waals surface area contributed by atoms with Crippen LogP contribution in [0, 0.1) is 15.9 Å². The number of aryl methyl sites for hydroxylation is 1. The Labute approximate surface area is 68.2 Å². The minimum atomic E-state index is -0.876. The van der Waals surface area contributed by atoms with Crippen molar-refractivity contribution in [1.82, 2.24) is 4.98 Å². The van der Waals surface area contributed by atoms with Crippen molar-refractivity contribution in [3.05, 3.63) is 33.9 Å². The number of pyridine rings is 1. The number of aromatic nitrogens is 1. The molecule has 0 aliphatic heterocycles. The predicted molar refractivity (Wildman–Crippen MR) is 40.2 cm³/mol. The van der Waals surface area contributed by atoms with Gasteiger partial charge in [0.1, 0.15) is 0 Å². The van der Waals surface area contributed by atoms with Crippen LogP contribution >= 0.6 is 0 Å². The molecular formula is C7H7FN2O2. The summed E-state index contributed by atoms with van der Waals surface area (Å²) in [6.07, 6.45) is 2.56. The summed E-state index contributed by atoms with van der Waals surface area (Å²) in [5.41, 5.74) is -0.146. The molecule has 0 aliphatic carbocycles. The molecule has 0 spiro atoms. The first-order chi connectivity index (χ1) is 5.66. The maximum absolute atomic E-state index is 12.8. The first-order valence-corrected chi connectivity index (χ1v) is 3.43. The molecule has 0 fully saturated rings. The van der Waals surface area contributed by atoms with Crippen molar-refractivity contribution >= 4 is 5.69 Å². The lowest BCUT2D eigenvalue weighted by Gasteiger charge is -1.98. The zero-order valence-corrected chi connectivity index (χ0v) is 6.45. The summed E-state index contributed by atoms with van der Waals surface area (Å²) in [4.78, 5) is 13.1. The van der Waals surface area contributed by atoms with Gasteiger partial charge >= 0.3 is 5.69 Å². The van der Waals surface area contributed by atoms with Gasteiger partial charge in [0.25, 0.3) is 0 Å². The quantitative estimate of drug-likeness (QED) is 0.501. The van der Waals surface area contributed by atoms with E-state index in [4.69, 9.17) is 0 Å². The van der Waals surface area contributed by atoms with Gasteiger partial charge in [0.2, 0.25) is 5.82 Å². The van der Waals surface area contributed by atoms with Crippen LogP contribution in [-0.2, 0) is 6.42 Å². The lowest BCUT2D eigenvalue weighted by atomic mass is 10.2. The van der Waals surface area contributed by atoms with Gasteiger partial charge in [-0.1, -0.05) is 6.92 Å². The van der Waals surface area contributed by atoms with E-state index in [1.807, 2.05) is 0 Å². The van der Waals surface area contributed by atoms with Gasteiger partial charge in [-0.2, -0.15) is 4.39 Å². The van der Waals surface area contributed by atoms with Gasteiger partial charge in [-0.15, -0.1) is 0 Å². The molecule has 0 aliphatic rings. The van der Waals surface area contributed by atoms with E-state index < -0.39 is 16.4 Å². The second-order valence-corrected chi connectivity index (χ2v) is 2.24. The normalized spacial score (nSPS) is 9.83. The number of nitrogens with zero attached hydrogens (tertiary/aromatic N) is 2. The average Bonchev–Trinajstić information content (AvgIpc) is 2.03. The predicted octanol–water partition coefficient (Wildman–Crippen LogP) is 1.69. The number of halogens is 1. The average molecular weight is 170 g/mol. The van der Waals surface area contributed by atoms with Crippen molar-refractivity contribution in [1.29, 1.82) is 0 Å². The first-order valence-electron chi connectivity index (χ1n) is 3.43. The second kappa shape index (κ2) is 3.25. The third-order valence-electron chi connectivity index (χ3n) is 1.51. The van der Waals surface area contributed by atoms with E-state index in [-0.39, 0.29) is 0 Å². The van der Waals surface area contributed by atoms with Crippen molar-refractivity contribution in [3.63, 3.8) is 0 Å². The fourth-order valence-electron chi connectivity index (χ4n) is 0.932. The summed E-state index contributed by atoms with van der Waals surface area (Å²) >= 11 is 0. The molecule has 0 unspecified atom stereocenters. The number of rotatable bonds is 2. The third kappa shape index (κ3) is 1.39. The second-order valence-electron chi connectivity index (χ2n) is 2.24. The summed E-state index contributed by atoms with van der Waals surface area (Å²) in [5.74, 6) is -0.876. The van der Waals surface area contributed by atoms with Crippen LogP contribution in [0.4, 0.5) is 10.1 Å². The van der Waals surface area contributed by atoms with E-state index in [2.05, 4.69) is 4.98 Å². The van der Waals surface area contributed by atoms with E-state index in [9.17, 15) is 14.5 Å². The van der Waals surface area contributed by atoms with Crippen LogP contribution in [0.1, 0.15) is 12.5 Å². The highest BCUT2D eigenvalue weighted by atomic mass is 19.1. The van der Waals surface area contributed by atoms with Crippen LogP contribution in [0.2, 0.25) is 0 Å². The molecule has 64 valence electrons. The molecule has 1 aromatic rings. The minimum absolute atomic E-state index is 0.319. The molecule has 1 aromatic heterocycles. The SMILES string of the molecule is CCc1cncc(F)c1[N+](=O)[O-]. The van der Waals surface area contributed by atoms with E-state index in [1.54, 1.807) is 6.92 Å². The molecule has 0 bridgehead atoms. The number of hydrogen-bond acceptors (Lipinski definition) is 3. The van der Waals surface area contributed by atoms with E-state index in [1.165, 1.54) is 6.20 Å². The highest BCUT2D eigenvalue weighted by molar-refractivity contribution is 5.38. The Balaban J connectivity index is 3.29. The van der Waals surface area contributed by atoms with E-state index >= 15 is 0 Å². The van der Waals surface area contributed by atoms with Crippen LogP contribution in [0.15, 0.2) is 12.4 Å². The topological polar surface area (TPSA) is 56.0 Å². The molecule has 0 saturated carbocycles. The van der Waals surface area contributed by atoms with Crippen molar-refractivity contribution in [2.75, 3.05) is 0 Å². The Morgan fingerprint density at radius 2 is 2.33 bits per heavy atom. The Morgan fingerprint density at radius 3 is 2.75 bits per heavy atom. The standard InChI is InChI=1S/C7H7FN2O2/c1-2-5-3-9-4-6(8)7(5)10(11)12/h3-4H,2H2,1H3. The number of hydrogen-bond donors (Lipinski definition) is 0. The Bertz CT molecular complexity index is 314. The summed E-state index contributed by atoms with van der Waals surface area (Å²) in [5, 5.41) is 10.3. The van der Waals surface area contributed by atoms with Crippen LogP contribution in [0.5, 0.6) is 0 Å². The van der Waals surface area contributed by atoms with Gasteiger partial charge in [-0.25, -0.2) is 0 Å². The molecule has 0 saturated heterocycles. The van der Waals surface area contributed by atoms with Gasteiger partial charge in [0, 0.05) is 6.20 Å². The minimum Gasteiger partial charge on any atom is -0.261 e. The zero-order chi connectivity index (χ0) is 9.14. The molecule has 4 nitrogen and oxygen atoms in total. The van der Waals surface area contributed by atoms with Crippen LogP contribution in [0.3, 0.4) is 0 Å². The van der Waals surface area contributed by atoms with Crippen LogP contribution < -0.4 is 0 Å². The van der Waals surface area contributed by atoms with Crippen molar-refractivity contribution in [2.24, 2.45) is 0 Å². The fraction of sp³-hybridized carbons (Fsp3) is 0.286. The largest absolute Gasteiger partial charge is 0.311 e. The van der Waals surface area contributed by atoms with Gasteiger partial charge < -0.3 is 0 Å². The monoisotopic (exact) mass is 170 g/mol. The van der Waals surface area contributed by atoms with Gasteiger partial charge in [-0.05, 0) is 6.42 Å². The Hall–Kier alpha value is -1.52. The Morgan fingerprint density at radius 1 is 1.67 bits per heavy atom.